The van der Waals surface area contributed by atoms with Crippen LogP contribution in [0.5, 0.6) is 0 Å². The summed E-state index contributed by atoms with van der Waals surface area (Å²) < 4.78 is 5.31. The van der Waals surface area contributed by atoms with Gasteiger partial charge in [0.2, 0.25) is 0 Å². The smallest absolute Gasteiger partial charge is 0.268 e. The molecule has 2 aromatic rings. The molecule has 2 aromatic heterocycles. The van der Waals surface area contributed by atoms with Gasteiger partial charge in [0, 0.05) is 0 Å². The number of aromatic nitrogens is 4. The Morgan fingerprint density at radius 3 is 2.75 bits per heavy atom. The number of ether oxygens (including phenoxy) is 1. The Hall–Kier alpha value is -1.94. The summed E-state index contributed by atoms with van der Waals surface area (Å²) >= 11 is 0. The number of nitrogens with one attached hydrogen (secondary N) is 1. The van der Waals surface area contributed by atoms with Crippen LogP contribution in [0, 0.1) is 0 Å². The molecule has 4 N–H and O–H groups in total. The molecule has 1 saturated heterocycles. The first-order valence-electron chi connectivity index (χ1n) is 5.94. The molecule has 0 radical (unpaired) electrons. The molecule has 1 fully saturated rings. The summed E-state index contributed by atoms with van der Waals surface area (Å²) in [5.74, 6) is 0.101. The van der Waals surface area contributed by atoms with Crippen molar-refractivity contribution in [3.05, 3.63) is 28.6 Å². The minimum absolute atomic E-state index is 0.101. The fourth-order valence-corrected chi connectivity index (χ4v) is 2.10. The summed E-state index contributed by atoms with van der Waals surface area (Å²) in [5.41, 5.74) is 0.184. The molecular weight excluding hydrogens is 268 g/mol. The Balaban J connectivity index is 2.00. The Morgan fingerprint density at radius 1 is 1.25 bits per heavy atom. The Labute approximate surface area is 111 Å². The molecule has 0 spiro atoms. The molecule has 3 rings (SSSR count). The van der Waals surface area contributed by atoms with Gasteiger partial charge in [0.1, 0.15) is 29.9 Å². The molecule has 106 valence electrons. The SMILES string of the molecule is O=c1cnc2cnc([C@@H]3O[C@H](CO)[C@@H](O)[C@H]3O)nc2[nH]1. The topological polar surface area (TPSA) is 141 Å². The molecule has 1 aliphatic rings. The fourth-order valence-electron chi connectivity index (χ4n) is 2.10. The quantitative estimate of drug-likeness (QED) is 0.488. The molecule has 0 aliphatic carbocycles. The maximum Gasteiger partial charge on any atom is 0.268 e. The molecule has 0 aromatic carbocycles. The lowest BCUT2D eigenvalue weighted by molar-refractivity contribution is -0.0252. The monoisotopic (exact) mass is 280 g/mol. The van der Waals surface area contributed by atoms with Gasteiger partial charge in [0.05, 0.1) is 19.0 Å². The van der Waals surface area contributed by atoms with Crippen LogP contribution >= 0.6 is 0 Å². The van der Waals surface area contributed by atoms with Crippen molar-refractivity contribution >= 4 is 11.2 Å². The third kappa shape index (κ3) is 2.06. The molecule has 0 saturated carbocycles. The Bertz CT molecular complexity index is 690. The third-order valence-corrected chi connectivity index (χ3v) is 3.15. The zero-order valence-corrected chi connectivity index (χ0v) is 10.2. The summed E-state index contributed by atoms with van der Waals surface area (Å²) in [7, 11) is 0. The highest BCUT2D eigenvalue weighted by molar-refractivity contribution is 5.67. The summed E-state index contributed by atoms with van der Waals surface area (Å²) in [6, 6.07) is 0. The van der Waals surface area contributed by atoms with E-state index in [0.29, 0.717) is 5.52 Å². The van der Waals surface area contributed by atoms with Crippen molar-refractivity contribution in [2.75, 3.05) is 6.61 Å². The lowest BCUT2D eigenvalue weighted by atomic mass is 10.1. The number of nitrogens with zero attached hydrogens (tertiary/aromatic N) is 3. The summed E-state index contributed by atoms with van der Waals surface area (Å²) in [5, 5.41) is 28.6. The van der Waals surface area contributed by atoms with Gasteiger partial charge in [0.25, 0.3) is 5.56 Å². The van der Waals surface area contributed by atoms with Gasteiger partial charge in [-0.25, -0.2) is 15.0 Å². The highest BCUT2D eigenvalue weighted by Gasteiger charge is 2.44. The number of aliphatic hydroxyl groups excluding tert-OH is 3. The van der Waals surface area contributed by atoms with Gasteiger partial charge < -0.3 is 25.0 Å². The Kier molecular flexibility index (Phi) is 3.18. The van der Waals surface area contributed by atoms with E-state index in [0.717, 1.165) is 6.20 Å². The second kappa shape index (κ2) is 4.87. The van der Waals surface area contributed by atoms with Crippen LogP contribution in [0.2, 0.25) is 0 Å². The lowest BCUT2D eigenvalue weighted by Crippen LogP contribution is -2.32. The van der Waals surface area contributed by atoms with E-state index < -0.39 is 36.6 Å². The van der Waals surface area contributed by atoms with Crippen LogP contribution in [-0.2, 0) is 4.74 Å². The first-order chi connectivity index (χ1) is 9.60. The zero-order chi connectivity index (χ0) is 14.3. The van der Waals surface area contributed by atoms with Gasteiger partial charge in [-0.05, 0) is 0 Å². The minimum Gasteiger partial charge on any atom is -0.394 e. The average Bonchev–Trinajstić information content (AvgIpc) is 2.74. The van der Waals surface area contributed by atoms with Gasteiger partial charge in [-0.3, -0.25) is 4.79 Å². The van der Waals surface area contributed by atoms with E-state index in [1.807, 2.05) is 0 Å². The maximum absolute atomic E-state index is 11.2. The van der Waals surface area contributed by atoms with E-state index in [-0.39, 0.29) is 11.5 Å². The van der Waals surface area contributed by atoms with E-state index in [1.165, 1.54) is 6.20 Å². The van der Waals surface area contributed by atoms with Gasteiger partial charge in [-0.1, -0.05) is 0 Å². The molecule has 0 amide bonds. The van der Waals surface area contributed by atoms with Gasteiger partial charge in [-0.2, -0.15) is 0 Å². The molecule has 1 aliphatic heterocycles. The standard InChI is InChI=1S/C11H12N4O5/c16-3-5-7(18)8(19)9(20-5)11-13-1-4-10(15-11)14-6(17)2-12-4/h1-2,5,7-9,16,18-19H,3H2,(H,13,14,15,17)/t5-,7-,8-,9-/m1/s1. The number of aliphatic hydroxyl groups is 3. The number of fused-ring (bicyclic) bond motifs is 1. The van der Waals surface area contributed by atoms with Crippen molar-refractivity contribution in [1.82, 2.24) is 19.9 Å². The van der Waals surface area contributed by atoms with E-state index in [9.17, 15) is 15.0 Å². The van der Waals surface area contributed by atoms with Crippen LogP contribution in [0.25, 0.3) is 11.2 Å². The zero-order valence-electron chi connectivity index (χ0n) is 10.2. The van der Waals surface area contributed by atoms with Crippen molar-refractivity contribution in [2.45, 2.75) is 24.4 Å². The average molecular weight is 280 g/mol. The number of aromatic amines is 1. The van der Waals surface area contributed by atoms with Gasteiger partial charge in [-0.15, -0.1) is 0 Å². The molecule has 20 heavy (non-hydrogen) atoms. The molecule has 9 nitrogen and oxygen atoms in total. The molecular formula is C11H12N4O5. The van der Waals surface area contributed by atoms with E-state index in [2.05, 4.69) is 19.9 Å². The summed E-state index contributed by atoms with van der Waals surface area (Å²) in [4.78, 5) is 25.6. The second-order valence-electron chi connectivity index (χ2n) is 4.47. The first-order valence-corrected chi connectivity index (χ1v) is 5.94. The van der Waals surface area contributed by atoms with E-state index in [4.69, 9.17) is 9.84 Å². The van der Waals surface area contributed by atoms with Crippen LogP contribution in [0.3, 0.4) is 0 Å². The molecule has 9 heteroatoms. The summed E-state index contributed by atoms with van der Waals surface area (Å²) in [6.45, 7) is -0.430. The number of hydrogen-bond donors (Lipinski definition) is 4. The van der Waals surface area contributed by atoms with E-state index >= 15 is 0 Å². The highest BCUT2D eigenvalue weighted by atomic mass is 16.6. The van der Waals surface area contributed by atoms with Crippen molar-refractivity contribution in [3.63, 3.8) is 0 Å². The minimum atomic E-state index is -1.26. The van der Waals surface area contributed by atoms with Gasteiger partial charge >= 0.3 is 0 Å². The predicted octanol–water partition coefficient (Wildman–Crippen LogP) is -2.13. The molecule has 3 heterocycles. The highest BCUT2D eigenvalue weighted by Crippen LogP contribution is 2.31. The third-order valence-electron chi connectivity index (χ3n) is 3.15. The number of rotatable bonds is 2. The normalized spacial score (nSPS) is 29.9. The van der Waals surface area contributed by atoms with Crippen LogP contribution in [-0.4, -0.2) is 60.2 Å². The second-order valence-corrected chi connectivity index (χ2v) is 4.47. The first kappa shape index (κ1) is 13.1. The van der Waals surface area contributed by atoms with Crippen molar-refractivity contribution in [2.24, 2.45) is 0 Å². The largest absolute Gasteiger partial charge is 0.394 e. The summed E-state index contributed by atoms with van der Waals surface area (Å²) in [6.07, 6.45) is -1.87. The molecule has 4 atom stereocenters. The fraction of sp³-hybridized carbons (Fsp3) is 0.455. The predicted molar refractivity (Wildman–Crippen MR) is 64.7 cm³/mol. The maximum atomic E-state index is 11.2. The van der Waals surface area contributed by atoms with Crippen molar-refractivity contribution in [3.8, 4) is 0 Å². The molecule has 0 bridgehead atoms. The Morgan fingerprint density at radius 2 is 2.05 bits per heavy atom. The van der Waals surface area contributed by atoms with Gasteiger partial charge in [0.15, 0.2) is 11.5 Å². The van der Waals surface area contributed by atoms with Crippen LogP contribution in [0.4, 0.5) is 0 Å². The van der Waals surface area contributed by atoms with Crippen LogP contribution < -0.4 is 5.56 Å². The number of H-pyrrole nitrogens is 1. The van der Waals surface area contributed by atoms with Crippen molar-refractivity contribution < 1.29 is 20.1 Å². The van der Waals surface area contributed by atoms with Crippen molar-refractivity contribution in [1.29, 1.82) is 0 Å². The van der Waals surface area contributed by atoms with Crippen LogP contribution in [0.15, 0.2) is 17.2 Å². The van der Waals surface area contributed by atoms with Crippen LogP contribution in [0.1, 0.15) is 11.9 Å². The van der Waals surface area contributed by atoms with E-state index in [1.54, 1.807) is 0 Å². The lowest BCUT2D eigenvalue weighted by Gasteiger charge is -2.12. The molecule has 0 unspecified atom stereocenters. The number of hydrogen-bond acceptors (Lipinski definition) is 8.